The molecule has 1 N–H and O–H groups in total. The van der Waals surface area contributed by atoms with Crippen LogP contribution in [0.1, 0.15) is 10.5 Å². The molecule has 0 aliphatic carbocycles. The molecule has 0 spiro atoms. The highest BCUT2D eigenvalue weighted by atomic mass is 16.1. The maximum absolute atomic E-state index is 12.8. The van der Waals surface area contributed by atoms with Crippen LogP contribution in [0.2, 0.25) is 0 Å². The number of anilines is 2. The number of rotatable bonds is 4. The molecule has 10 nitrogen and oxygen atoms in total. The molecule has 1 aliphatic heterocycles. The fourth-order valence-electron chi connectivity index (χ4n) is 3.69. The minimum Gasteiger partial charge on any atom is -0.354 e. The molecule has 0 saturated carbocycles. The zero-order chi connectivity index (χ0) is 22.1. The van der Waals surface area contributed by atoms with Gasteiger partial charge in [-0.15, -0.1) is 0 Å². The van der Waals surface area contributed by atoms with E-state index >= 15 is 0 Å². The van der Waals surface area contributed by atoms with Gasteiger partial charge < -0.3 is 15.1 Å². The smallest absolute Gasteiger partial charge is 0.275 e. The third kappa shape index (κ3) is 4.12. The molecule has 5 heterocycles. The number of piperazine rings is 1. The third-order valence-corrected chi connectivity index (χ3v) is 5.56. The molecule has 0 radical (unpaired) electrons. The molecule has 1 amide bonds. The van der Waals surface area contributed by atoms with Crippen LogP contribution >= 0.6 is 0 Å². The zero-order valence-electron chi connectivity index (χ0n) is 17.9. The van der Waals surface area contributed by atoms with Gasteiger partial charge in [0.15, 0.2) is 0 Å². The van der Waals surface area contributed by atoms with Crippen LogP contribution in [0.5, 0.6) is 0 Å². The van der Waals surface area contributed by atoms with Crippen LogP contribution in [0, 0.1) is 0 Å². The molecule has 0 atom stereocenters. The van der Waals surface area contributed by atoms with Crippen molar-refractivity contribution >= 4 is 28.4 Å². The molecule has 1 saturated heterocycles. The summed E-state index contributed by atoms with van der Waals surface area (Å²) in [6.07, 6.45) is 8.59. The number of carbonyl (C=O) groups excluding carboxylic acids is 1. The highest BCUT2D eigenvalue weighted by molar-refractivity contribution is 6.03. The normalized spacial score (nSPS) is 14.6. The molecular formula is C22H23N9O. The van der Waals surface area contributed by atoms with Gasteiger partial charge in [-0.2, -0.15) is 5.10 Å². The predicted molar refractivity (Wildman–Crippen MR) is 121 cm³/mol. The summed E-state index contributed by atoms with van der Waals surface area (Å²) in [4.78, 5) is 34.6. The topological polar surface area (TPSA) is 105 Å². The van der Waals surface area contributed by atoms with Crippen molar-refractivity contribution in [2.75, 3.05) is 43.4 Å². The Bertz CT molecular complexity index is 1280. The van der Waals surface area contributed by atoms with E-state index in [1.807, 2.05) is 25.4 Å². The van der Waals surface area contributed by atoms with E-state index in [1.54, 1.807) is 29.3 Å². The van der Waals surface area contributed by atoms with Crippen LogP contribution in [0.4, 0.5) is 11.6 Å². The van der Waals surface area contributed by atoms with Crippen molar-refractivity contribution in [3.05, 3.63) is 55.0 Å². The SMILES string of the molecule is CN1CCN(c2cc(C(=O)Nc3cc4cc(-c5cnn(C)c5)cnc4cn3)ncn2)CC1. The van der Waals surface area contributed by atoms with Crippen molar-refractivity contribution in [3.63, 3.8) is 0 Å². The predicted octanol–water partition coefficient (Wildman–Crippen LogP) is 1.82. The number of pyridine rings is 2. The fraction of sp³-hybridized carbons (Fsp3) is 0.273. The van der Waals surface area contributed by atoms with Crippen molar-refractivity contribution in [1.82, 2.24) is 34.6 Å². The van der Waals surface area contributed by atoms with E-state index in [0.29, 0.717) is 11.5 Å². The summed E-state index contributed by atoms with van der Waals surface area (Å²) in [6, 6.07) is 5.54. The summed E-state index contributed by atoms with van der Waals surface area (Å²) in [7, 11) is 3.97. The maximum atomic E-state index is 12.8. The van der Waals surface area contributed by atoms with Gasteiger partial charge in [-0.05, 0) is 19.2 Å². The van der Waals surface area contributed by atoms with E-state index in [0.717, 1.165) is 54.0 Å². The number of likely N-dealkylation sites (N-methyl/N-ethyl adjacent to an activating group) is 1. The monoisotopic (exact) mass is 429 g/mol. The van der Waals surface area contributed by atoms with Gasteiger partial charge in [0.1, 0.15) is 23.7 Å². The molecular weight excluding hydrogens is 406 g/mol. The van der Waals surface area contributed by atoms with Crippen molar-refractivity contribution in [3.8, 4) is 11.1 Å². The van der Waals surface area contributed by atoms with Crippen LogP contribution in [0.25, 0.3) is 22.0 Å². The Morgan fingerprint density at radius 2 is 1.75 bits per heavy atom. The average molecular weight is 429 g/mol. The minimum absolute atomic E-state index is 0.304. The first kappa shape index (κ1) is 20.0. The molecule has 1 aliphatic rings. The summed E-state index contributed by atoms with van der Waals surface area (Å²) in [5.41, 5.74) is 2.97. The number of carbonyl (C=O) groups is 1. The van der Waals surface area contributed by atoms with Gasteiger partial charge in [0.05, 0.1) is 17.9 Å². The number of amides is 1. The highest BCUT2D eigenvalue weighted by Crippen LogP contribution is 2.23. The van der Waals surface area contributed by atoms with E-state index in [2.05, 4.69) is 47.2 Å². The lowest BCUT2D eigenvalue weighted by molar-refractivity contribution is 0.102. The lowest BCUT2D eigenvalue weighted by atomic mass is 10.1. The Morgan fingerprint density at radius 3 is 2.53 bits per heavy atom. The molecule has 0 bridgehead atoms. The number of nitrogens with one attached hydrogen (secondary N) is 1. The Hall–Kier alpha value is -3.92. The summed E-state index contributed by atoms with van der Waals surface area (Å²) >= 11 is 0. The lowest BCUT2D eigenvalue weighted by Crippen LogP contribution is -2.44. The number of hydrogen-bond donors (Lipinski definition) is 1. The molecule has 4 aromatic rings. The molecule has 4 aromatic heterocycles. The van der Waals surface area contributed by atoms with Gasteiger partial charge >= 0.3 is 0 Å². The van der Waals surface area contributed by atoms with Crippen molar-refractivity contribution in [1.29, 1.82) is 0 Å². The second kappa shape index (κ2) is 8.31. The number of hydrogen-bond acceptors (Lipinski definition) is 8. The molecule has 162 valence electrons. The van der Waals surface area contributed by atoms with E-state index in [-0.39, 0.29) is 5.91 Å². The van der Waals surface area contributed by atoms with Crippen molar-refractivity contribution in [2.45, 2.75) is 0 Å². The fourth-order valence-corrected chi connectivity index (χ4v) is 3.69. The number of nitrogens with zero attached hydrogens (tertiary/aromatic N) is 8. The average Bonchev–Trinajstić information content (AvgIpc) is 3.25. The summed E-state index contributed by atoms with van der Waals surface area (Å²) in [5.74, 6) is 0.869. The van der Waals surface area contributed by atoms with Crippen LogP contribution in [0.3, 0.4) is 0 Å². The first-order valence-corrected chi connectivity index (χ1v) is 10.4. The number of fused-ring (bicyclic) bond motifs is 1. The molecule has 1 fully saturated rings. The van der Waals surface area contributed by atoms with Gasteiger partial charge in [0, 0.05) is 68.2 Å². The van der Waals surface area contributed by atoms with Crippen LogP contribution in [0.15, 0.2) is 49.3 Å². The van der Waals surface area contributed by atoms with Gasteiger partial charge in [-0.1, -0.05) is 0 Å². The molecule has 32 heavy (non-hydrogen) atoms. The number of aromatic nitrogens is 6. The molecule has 0 unspecified atom stereocenters. The highest BCUT2D eigenvalue weighted by Gasteiger charge is 2.18. The van der Waals surface area contributed by atoms with Gasteiger partial charge in [-0.3, -0.25) is 14.5 Å². The largest absolute Gasteiger partial charge is 0.354 e. The summed E-state index contributed by atoms with van der Waals surface area (Å²) < 4.78 is 1.75. The maximum Gasteiger partial charge on any atom is 0.275 e. The van der Waals surface area contributed by atoms with Crippen LogP contribution in [-0.4, -0.2) is 73.8 Å². The second-order valence-electron chi connectivity index (χ2n) is 7.89. The zero-order valence-corrected chi connectivity index (χ0v) is 17.9. The molecule has 0 aromatic carbocycles. The minimum atomic E-state index is -0.328. The van der Waals surface area contributed by atoms with Gasteiger partial charge in [0.25, 0.3) is 5.91 Å². The Labute approximate surface area is 184 Å². The Kier molecular flexibility index (Phi) is 5.20. The van der Waals surface area contributed by atoms with Crippen molar-refractivity contribution in [2.24, 2.45) is 7.05 Å². The van der Waals surface area contributed by atoms with Crippen molar-refractivity contribution < 1.29 is 4.79 Å². The quantitative estimate of drug-likeness (QED) is 0.524. The standard InChI is InChI=1S/C22H23N9O/c1-29-3-5-31(6-4-29)21-9-18(25-14-26-21)22(32)28-20-8-15-7-16(10-23-19(15)12-24-20)17-11-27-30(2)13-17/h7-14H,3-6H2,1-2H3,(H,24,28,32). The first-order valence-electron chi connectivity index (χ1n) is 10.4. The summed E-state index contributed by atoms with van der Waals surface area (Å²) in [5, 5.41) is 7.92. The van der Waals surface area contributed by atoms with E-state index in [1.165, 1.54) is 6.33 Å². The van der Waals surface area contributed by atoms with E-state index in [9.17, 15) is 4.79 Å². The van der Waals surface area contributed by atoms with Crippen LogP contribution in [-0.2, 0) is 7.05 Å². The molecule has 5 rings (SSSR count). The van der Waals surface area contributed by atoms with Gasteiger partial charge in [-0.25, -0.2) is 15.0 Å². The number of aryl methyl sites for hydroxylation is 1. The molecule has 10 heteroatoms. The van der Waals surface area contributed by atoms with E-state index in [4.69, 9.17) is 0 Å². The Balaban J connectivity index is 1.36. The lowest BCUT2D eigenvalue weighted by Gasteiger charge is -2.33. The van der Waals surface area contributed by atoms with Crippen LogP contribution < -0.4 is 10.2 Å². The van der Waals surface area contributed by atoms with Gasteiger partial charge in [0.2, 0.25) is 0 Å². The second-order valence-corrected chi connectivity index (χ2v) is 7.89. The first-order chi connectivity index (χ1) is 15.5. The summed E-state index contributed by atoms with van der Waals surface area (Å²) in [6.45, 7) is 3.66. The van der Waals surface area contributed by atoms with E-state index < -0.39 is 0 Å². The Morgan fingerprint density at radius 1 is 0.906 bits per heavy atom. The third-order valence-electron chi connectivity index (χ3n) is 5.56.